The highest BCUT2D eigenvalue weighted by Crippen LogP contribution is 2.73. The van der Waals surface area contributed by atoms with Crippen LogP contribution in [0.3, 0.4) is 0 Å². The van der Waals surface area contributed by atoms with Gasteiger partial charge in [-0.1, -0.05) is 64.9 Å². The van der Waals surface area contributed by atoms with Gasteiger partial charge in [-0.05, 0) is 72.6 Å². The molecule has 3 aromatic carbocycles. The van der Waals surface area contributed by atoms with Crippen molar-refractivity contribution >= 4 is 81.6 Å². The second-order valence-corrected chi connectivity index (χ2v) is 11.6. The summed E-state index contributed by atoms with van der Waals surface area (Å²) in [4.78, 5) is 27.3. The maximum atomic E-state index is 13.5. The quantitative estimate of drug-likeness (QED) is 0.198. The molecule has 0 aromatic heterocycles. The number of hydrogen-bond acceptors (Lipinski definition) is 3. The van der Waals surface area contributed by atoms with E-state index in [-0.39, 0.29) is 23.0 Å². The number of nitrogens with zero attached hydrogens (tertiary/aromatic N) is 1. The molecule has 10 heteroatoms. The Labute approximate surface area is 239 Å². The Bertz CT molecular complexity index is 1310. The van der Waals surface area contributed by atoms with E-state index in [0.29, 0.717) is 39.9 Å². The van der Waals surface area contributed by atoms with E-state index in [4.69, 9.17) is 58.0 Å². The molecule has 0 aliphatic heterocycles. The lowest BCUT2D eigenvalue weighted by Gasteiger charge is -2.23. The van der Waals surface area contributed by atoms with E-state index >= 15 is 0 Å². The van der Waals surface area contributed by atoms with Crippen molar-refractivity contribution in [3.05, 3.63) is 92.7 Å². The number of hydrogen-bond donors (Lipinski definition) is 1. The lowest BCUT2D eigenvalue weighted by Crippen LogP contribution is -2.32. The second-order valence-electron chi connectivity index (χ2n) is 8.90. The number of carbonyl (C=O) groups excluding carboxylic acids is 2. The van der Waals surface area contributed by atoms with Crippen molar-refractivity contribution in [3.63, 3.8) is 0 Å². The molecule has 4 nitrogen and oxygen atoms in total. The zero-order chi connectivity index (χ0) is 27.0. The van der Waals surface area contributed by atoms with E-state index in [2.05, 4.69) is 5.32 Å². The predicted octanol–water partition coefficient (Wildman–Crippen LogP) is 8.41. The van der Waals surface area contributed by atoms with Crippen LogP contribution in [0.2, 0.25) is 15.1 Å². The fourth-order valence-corrected chi connectivity index (χ4v) is 6.23. The molecule has 4 rings (SSSR count). The van der Waals surface area contributed by atoms with Crippen LogP contribution in [0.4, 0.5) is 15.8 Å². The first-order valence-corrected chi connectivity index (χ1v) is 13.3. The third kappa shape index (κ3) is 5.43. The number of aldehydes is 1. The lowest BCUT2D eigenvalue weighted by atomic mass is 10.00. The topological polar surface area (TPSA) is 49.4 Å². The molecule has 1 saturated carbocycles. The van der Waals surface area contributed by atoms with Crippen LogP contribution in [0.15, 0.2) is 60.7 Å². The Morgan fingerprint density at radius 3 is 2.27 bits per heavy atom. The first-order valence-electron chi connectivity index (χ1n) is 11.4. The van der Waals surface area contributed by atoms with Gasteiger partial charge in [-0.2, -0.15) is 0 Å². The average Bonchev–Trinajstić information content (AvgIpc) is 3.36. The van der Waals surface area contributed by atoms with Crippen LogP contribution in [-0.2, 0) is 4.79 Å². The van der Waals surface area contributed by atoms with E-state index in [9.17, 15) is 14.0 Å². The molecule has 1 fully saturated rings. The smallest absolute Gasteiger partial charge is 0.259 e. The molecule has 3 aromatic rings. The van der Waals surface area contributed by atoms with Crippen molar-refractivity contribution in [1.29, 1.82) is 0 Å². The van der Waals surface area contributed by atoms with Crippen molar-refractivity contribution in [1.82, 2.24) is 0 Å². The van der Waals surface area contributed by atoms with Gasteiger partial charge in [0.15, 0.2) is 0 Å². The minimum absolute atomic E-state index is 0.0875. The first kappa shape index (κ1) is 28.0. The summed E-state index contributed by atoms with van der Waals surface area (Å²) in [5.74, 6) is -1.28. The summed E-state index contributed by atoms with van der Waals surface area (Å²) in [5.41, 5.74) is 0.844. The van der Waals surface area contributed by atoms with Crippen LogP contribution in [0.5, 0.6) is 0 Å². The molecule has 1 N–H and O–H groups in total. The van der Waals surface area contributed by atoms with E-state index in [1.54, 1.807) is 53.4 Å². The van der Waals surface area contributed by atoms with Crippen LogP contribution in [0.25, 0.3) is 0 Å². The molecular formula is C27H22Cl5FN2O2. The molecule has 2 unspecified atom stereocenters. The molecule has 1 aliphatic rings. The SMILES string of the molecule is CCCN(C(=O)c1cc(NCC2(C=O)C(c3cc(Cl)cc(Cl)c3)C2(Cl)Cl)ccc1Cl)c1ccc(F)cc1. The number of amides is 1. The molecule has 37 heavy (non-hydrogen) atoms. The number of anilines is 2. The zero-order valence-corrected chi connectivity index (χ0v) is 23.4. The third-order valence-electron chi connectivity index (χ3n) is 6.46. The Morgan fingerprint density at radius 2 is 1.68 bits per heavy atom. The molecule has 2 atom stereocenters. The molecule has 0 spiro atoms. The monoisotopic (exact) mass is 600 g/mol. The highest BCUT2D eigenvalue weighted by Gasteiger charge is 2.76. The number of alkyl halides is 2. The molecule has 0 saturated heterocycles. The molecule has 0 heterocycles. The standard InChI is InChI=1S/C27H22Cl5FN2O2/c1-2-9-35(21-6-3-19(33)4-7-21)25(37)22-13-20(5-8-23(22)30)34-14-26(15-36)24(27(26,31)32)16-10-17(28)12-18(29)11-16/h3-8,10-13,15,24,34H,2,9,14H2,1H3. The van der Waals surface area contributed by atoms with E-state index < -0.39 is 21.5 Å². The van der Waals surface area contributed by atoms with Crippen molar-refractivity contribution < 1.29 is 14.0 Å². The first-order chi connectivity index (χ1) is 17.5. The average molecular weight is 603 g/mol. The Hall–Kier alpha value is -2.02. The number of halogens is 6. The minimum Gasteiger partial charge on any atom is -0.384 e. The van der Waals surface area contributed by atoms with Gasteiger partial charge in [-0.15, -0.1) is 0 Å². The van der Waals surface area contributed by atoms with Crippen LogP contribution in [0.1, 0.15) is 35.2 Å². The fraction of sp³-hybridized carbons (Fsp3) is 0.259. The number of nitrogens with one attached hydrogen (secondary N) is 1. The molecule has 1 amide bonds. The van der Waals surface area contributed by atoms with Gasteiger partial charge in [0.2, 0.25) is 0 Å². The van der Waals surface area contributed by atoms with Crippen molar-refractivity contribution in [3.8, 4) is 0 Å². The fourth-order valence-electron chi connectivity index (χ4n) is 4.52. The Kier molecular flexibility index (Phi) is 8.32. The van der Waals surface area contributed by atoms with Crippen LogP contribution in [-0.4, -0.2) is 29.6 Å². The normalized spacial score (nSPS) is 19.8. The molecular weight excluding hydrogens is 581 g/mol. The van der Waals surface area contributed by atoms with Gasteiger partial charge in [0.05, 0.1) is 16.0 Å². The summed E-state index contributed by atoms with van der Waals surface area (Å²) in [6.45, 7) is 2.44. The van der Waals surface area contributed by atoms with Gasteiger partial charge < -0.3 is 15.0 Å². The summed E-state index contributed by atoms with van der Waals surface area (Å²) < 4.78 is 12.0. The van der Waals surface area contributed by atoms with Gasteiger partial charge in [-0.25, -0.2) is 4.39 Å². The maximum Gasteiger partial charge on any atom is 0.259 e. The van der Waals surface area contributed by atoms with Gasteiger partial charge in [0, 0.05) is 40.4 Å². The maximum absolute atomic E-state index is 13.5. The molecule has 0 radical (unpaired) electrons. The van der Waals surface area contributed by atoms with Gasteiger partial charge in [0.25, 0.3) is 5.91 Å². The van der Waals surface area contributed by atoms with Gasteiger partial charge in [-0.3, -0.25) is 4.79 Å². The molecule has 194 valence electrons. The molecule has 1 aliphatic carbocycles. The van der Waals surface area contributed by atoms with Gasteiger partial charge >= 0.3 is 0 Å². The van der Waals surface area contributed by atoms with E-state index in [0.717, 1.165) is 6.29 Å². The third-order valence-corrected chi connectivity index (χ3v) is 8.36. The van der Waals surface area contributed by atoms with Crippen LogP contribution < -0.4 is 10.2 Å². The highest BCUT2D eigenvalue weighted by molar-refractivity contribution is 6.54. The Balaban J connectivity index is 1.58. The number of benzene rings is 3. The summed E-state index contributed by atoms with van der Waals surface area (Å²) >= 11 is 31.9. The van der Waals surface area contributed by atoms with E-state index in [1.807, 2.05) is 6.92 Å². The lowest BCUT2D eigenvalue weighted by molar-refractivity contribution is -0.112. The largest absolute Gasteiger partial charge is 0.384 e. The molecule has 0 bridgehead atoms. The van der Waals surface area contributed by atoms with Crippen molar-refractivity contribution in [2.75, 3.05) is 23.3 Å². The second kappa shape index (κ2) is 11.0. The van der Waals surface area contributed by atoms with E-state index in [1.165, 1.54) is 12.1 Å². The number of rotatable bonds is 9. The Morgan fingerprint density at radius 1 is 1.03 bits per heavy atom. The summed E-state index contributed by atoms with van der Waals surface area (Å²) in [6, 6.07) is 15.5. The summed E-state index contributed by atoms with van der Waals surface area (Å²) in [7, 11) is 0. The minimum atomic E-state index is -1.39. The number of carbonyl (C=O) groups is 2. The predicted molar refractivity (Wildman–Crippen MR) is 150 cm³/mol. The van der Waals surface area contributed by atoms with Gasteiger partial charge in [0.1, 0.15) is 16.4 Å². The highest BCUT2D eigenvalue weighted by atomic mass is 35.5. The van der Waals surface area contributed by atoms with Crippen LogP contribution >= 0.6 is 58.0 Å². The van der Waals surface area contributed by atoms with Crippen molar-refractivity contribution in [2.24, 2.45) is 5.41 Å². The van der Waals surface area contributed by atoms with Crippen molar-refractivity contribution in [2.45, 2.75) is 23.6 Å². The zero-order valence-electron chi connectivity index (χ0n) is 19.6. The van der Waals surface area contributed by atoms with Crippen LogP contribution in [0, 0.1) is 11.2 Å². The summed E-state index contributed by atoms with van der Waals surface area (Å²) in [5, 5.41) is 4.25. The summed E-state index contributed by atoms with van der Waals surface area (Å²) in [6.07, 6.45) is 1.42.